The van der Waals surface area contributed by atoms with E-state index >= 15 is 0 Å². The molecular weight excluding hydrogens is 424 g/mol. The molecule has 2 aromatic carbocycles. The highest BCUT2D eigenvalue weighted by molar-refractivity contribution is 5.43. The van der Waals surface area contributed by atoms with Crippen molar-refractivity contribution < 1.29 is 23.4 Å². The van der Waals surface area contributed by atoms with E-state index in [0.29, 0.717) is 30.2 Å². The molecule has 0 fully saturated rings. The van der Waals surface area contributed by atoms with E-state index < -0.39 is 5.76 Å². The van der Waals surface area contributed by atoms with Gasteiger partial charge in [-0.1, -0.05) is 36.4 Å². The number of oxazole rings is 2. The Hall–Kier alpha value is -3.94. The van der Waals surface area contributed by atoms with E-state index in [1.165, 1.54) is 5.56 Å². The molecule has 8 nitrogen and oxygen atoms in total. The van der Waals surface area contributed by atoms with Crippen molar-refractivity contribution in [3.63, 3.8) is 0 Å². The van der Waals surface area contributed by atoms with Crippen LogP contribution >= 0.6 is 0 Å². The number of benzene rings is 2. The third kappa shape index (κ3) is 6.06. The quantitative estimate of drug-likeness (QED) is 0.352. The van der Waals surface area contributed by atoms with E-state index in [9.17, 15) is 9.90 Å². The molecule has 2 aromatic heterocycles. The maximum absolute atomic E-state index is 11.1. The van der Waals surface area contributed by atoms with Gasteiger partial charge in [0, 0.05) is 12.8 Å². The summed E-state index contributed by atoms with van der Waals surface area (Å²) in [6, 6.07) is 16.0. The number of nitrogens with zero attached hydrogens (tertiary/aromatic N) is 1. The Morgan fingerprint density at radius 3 is 2.61 bits per heavy atom. The van der Waals surface area contributed by atoms with Crippen LogP contribution < -0.4 is 15.2 Å². The number of hydrogen-bond acceptors (Lipinski definition) is 7. The first-order valence-corrected chi connectivity index (χ1v) is 10.8. The van der Waals surface area contributed by atoms with Crippen LogP contribution in [0.4, 0.5) is 0 Å². The summed E-state index contributed by atoms with van der Waals surface area (Å²) in [5, 5.41) is 9.59. The van der Waals surface area contributed by atoms with Crippen LogP contribution in [0.15, 0.2) is 68.4 Å². The van der Waals surface area contributed by atoms with E-state index in [1.54, 1.807) is 13.4 Å². The van der Waals surface area contributed by atoms with E-state index in [-0.39, 0.29) is 18.2 Å². The van der Waals surface area contributed by atoms with Gasteiger partial charge >= 0.3 is 5.76 Å². The normalized spacial score (nSPS) is 10.9. The third-order valence-corrected chi connectivity index (χ3v) is 5.24. The number of hydrogen-bond donors (Lipinski definition) is 2. The zero-order valence-corrected chi connectivity index (χ0v) is 18.4. The molecule has 2 N–H and O–H groups in total. The van der Waals surface area contributed by atoms with Gasteiger partial charge in [-0.2, -0.15) is 0 Å². The standard InChI is InChI=1S/C25H26N2O6/c1-30-22-14-18(8-5-9-21-24(28)27-25(29)33-21)10-12-20(22)31-15-19-16-32-23(26-19)13-11-17-6-3-2-4-7-17/h2-4,6-7,10,12,14,16,28H,5,8-9,11,13,15H2,1H3,(H,27,29). The molecule has 0 radical (unpaired) electrons. The molecule has 0 unspecified atom stereocenters. The van der Waals surface area contributed by atoms with Crippen molar-refractivity contribution in [2.24, 2.45) is 0 Å². The van der Waals surface area contributed by atoms with Gasteiger partial charge in [0.1, 0.15) is 18.6 Å². The number of rotatable bonds is 11. The maximum atomic E-state index is 11.1. The number of methoxy groups -OCH3 is 1. The van der Waals surface area contributed by atoms with E-state index in [1.807, 2.05) is 36.4 Å². The fraction of sp³-hybridized carbons (Fsp3) is 0.280. The smallest absolute Gasteiger partial charge is 0.419 e. The highest BCUT2D eigenvalue weighted by Crippen LogP contribution is 2.29. The number of H-pyrrole nitrogens is 1. The number of aromatic nitrogens is 2. The minimum absolute atomic E-state index is 0.211. The summed E-state index contributed by atoms with van der Waals surface area (Å²) < 4.78 is 21.9. The summed E-state index contributed by atoms with van der Waals surface area (Å²) >= 11 is 0. The number of aromatic amines is 1. The molecule has 0 bridgehead atoms. The molecule has 0 amide bonds. The van der Waals surface area contributed by atoms with Crippen LogP contribution in [0.2, 0.25) is 0 Å². The lowest BCUT2D eigenvalue weighted by atomic mass is 10.1. The van der Waals surface area contributed by atoms with Crippen molar-refractivity contribution in [2.75, 3.05) is 7.11 Å². The minimum atomic E-state index is -0.652. The van der Waals surface area contributed by atoms with Crippen molar-refractivity contribution in [3.05, 3.63) is 93.8 Å². The molecule has 33 heavy (non-hydrogen) atoms. The first-order valence-electron chi connectivity index (χ1n) is 10.8. The Morgan fingerprint density at radius 2 is 1.85 bits per heavy atom. The second kappa shape index (κ2) is 10.6. The van der Waals surface area contributed by atoms with Crippen molar-refractivity contribution in [1.82, 2.24) is 9.97 Å². The minimum Gasteiger partial charge on any atom is -0.493 e. The first-order chi connectivity index (χ1) is 16.1. The first kappa shape index (κ1) is 22.3. The Morgan fingerprint density at radius 1 is 1.00 bits per heavy atom. The lowest BCUT2D eigenvalue weighted by molar-refractivity contribution is 0.280. The lowest BCUT2D eigenvalue weighted by Gasteiger charge is -2.11. The number of nitrogens with one attached hydrogen (secondary N) is 1. The van der Waals surface area contributed by atoms with Gasteiger partial charge in [0.2, 0.25) is 5.88 Å². The molecule has 0 aliphatic carbocycles. The molecular formula is C25H26N2O6. The lowest BCUT2D eigenvalue weighted by Crippen LogP contribution is -2.00. The Bertz CT molecular complexity index is 1230. The Balaban J connectivity index is 1.28. The SMILES string of the molecule is COc1cc(CCCc2oc(=O)[nH]c2O)ccc1OCc1coc(CCc2ccccc2)n1. The Kier molecular flexibility index (Phi) is 7.14. The average molecular weight is 450 g/mol. The molecule has 0 saturated carbocycles. The summed E-state index contributed by atoms with van der Waals surface area (Å²) in [5.74, 6) is 1.32. The summed E-state index contributed by atoms with van der Waals surface area (Å²) in [5.41, 5.74) is 3.01. The van der Waals surface area contributed by atoms with E-state index in [0.717, 1.165) is 30.5 Å². The largest absolute Gasteiger partial charge is 0.493 e. The van der Waals surface area contributed by atoms with Gasteiger partial charge in [0.15, 0.2) is 23.1 Å². The van der Waals surface area contributed by atoms with Crippen LogP contribution in [0.25, 0.3) is 0 Å². The van der Waals surface area contributed by atoms with Crippen molar-refractivity contribution in [1.29, 1.82) is 0 Å². The van der Waals surface area contributed by atoms with Gasteiger partial charge in [-0.25, -0.2) is 9.78 Å². The molecule has 0 aliphatic rings. The van der Waals surface area contributed by atoms with E-state index in [4.69, 9.17) is 18.3 Å². The van der Waals surface area contributed by atoms with Gasteiger partial charge in [0.05, 0.1) is 7.11 Å². The topological polar surface area (TPSA) is 111 Å². The highest BCUT2D eigenvalue weighted by atomic mass is 16.5. The molecule has 8 heteroatoms. The summed E-state index contributed by atoms with van der Waals surface area (Å²) in [6.07, 6.45) is 5.08. The number of aromatic hydroxyl groups is 1. The fourth-order valence-corrected chi connectivity index (χ4v) is 3.54. The van der Waals surface area contributed by atoms with Crippen molar-refractivity contribution in [2.45, 2.75) is 38.7 Å². The molecule has 2 heterocycles. The van der Waals surface area contributed by atoms with Gasteiger partial charge in [-0.3, -0.25) is 4.98 Å². The zero-order valence-electron chi connectivity index (χ0n) is 18.4. The third-order valence-electron chi connectivity index (χ3n) is 5.24. The molecule has 0 spiro atoms. The van der Waals surface area contributed by atoms with Crippen LogP contribution in [-0.2, 0) is 32.3 Å². The average Bonchev–Trinajstić information content (AvgIpc) is 3.42. The van der Waals surface area contributed by atoms with Gasteiger partial charge in [-0.05, 0) is 42.5 Å². The van der Waals surface area contributed by atoms with Crippen LogP contribution in [-0.4, -0.2) is 22.2 Å². The van der Waals surface area contributed by atoms with Crippen molar-refractivity contribution in [3.8, 4) is 17.4 Å². The van der Waals surface area contributed by atoms with Crippen LogP contribution in [0, 0.1) is 0 Å². The number of ether oxygens (including phenoxy) is 2. The van der Waals surface area contributed by atoms with E-state index in [2.05, 4.69) is 22.1 Å². The molecule has 4 rings (SSSR count). The second-order valence-electron chi connectivity index (χ2n) is 7.63. The van der Waals surface area contributed by atoms with Crippen LogP contribution in [0.5, 0.6) is 17.4 Å². The van der Waals surface area contributed by atoms with Gasteiger partial charge < -0.3 is 23.4 Å². The number of aryl methyl sites for hydroxylation is 4. The predicted molar refractivity (Wildman–Crippen MR) is 121 cm³/mol. The molecule has 0 aliphatic heterocycles. The molecule has 0 saturated heterocycles. The highest BCUT2D eigenvalue weighted by Gasteiger charge is 2.11. The molecule has 4 aromatic rings. The molecule has 172 valence electrons. The Labute approximate surface area is 190 Å². The fourth-order valence-electron chi connectivity index (χ4n) is 3.54. The predicted octanol–water partition coefficient (Wildman–Crippen LogP) is 4.21. The second-order valence-corrected chi connectivity index (χ2v) is 7.63. The van der Waals surface area contributed by atoms with Crippen LogP contribution in [0.3, 0.4) is 0 Å². The van der Waals surface area contributed by atoms with Crippen LogP contribution in [0.1, 0.15) is 34.9 Å². The summed E-state index contributed by atoms with van der Waals surface area (Å²) in [4.78, 5) is 17.8. The monoisotopic (exact) mass is 450 g/mol. The molecule has 0 atom stereocenters. The maximum Gasteiger partial charge on any atom is 0.419 e. The van der Waals surface area contributed by atoms with Crippen molar-refractivity contribution >= 4 is 0 Å². The van der Waals surface area contributed by atoms with Gasteiger partial charge in [0.25, 0.3) is 0 Å². The summed E-state index contributed by atoms with van der Waals surface area (Å²) in [6.45, 7) is 0.274. The summed E-state index contributed by atoms with van der Waals surface area (Å²) in [7, 11) is 1.59. The zero-order chi connectivity index (χ0) is 23.0. The van der Waals surface area contributed by atoms with Gasteiger partial charge in [-0.15, -0.1) is 0 Å².